The highest BCUT2D eigenvalue weighted by Gasteiger charge is 2.90. The molecule has 0 fully saturated rings. The summed E-state index contributed by atoms with van der Waals surface area (Å²) >= 11 is 0. The molecule has 13 nitrogen and oxygen atoms in total. The number of carbonyl (C=O) groups excluding carboxylic acids is 1. The second kappa shape index (κ2) is 17.8. The molecule has 0 aliphatic carbocycles. The minimum Gasteiger partial charge on any atom is -0.368 e. The summed E-state index contributed by atoms with van der Waals surface area (Å²) in [7, 11) is -12.4. The summed E-state index contributed by atoms with van der Waals surface area (Å²) in [6.45, 7) is -1.78. The molecular formula is C21H16F29NO12P2. The van der Waals surface area contributed by atoms with E-state index in [1.165, 1.54) is 0 Å². The standard InChI is InChI=1S/C21H16F29NO12P2/c22-8(13(28,29)30,6(52)51-5-3-1-2-4-7(53,64(54,55)56)65(57,58)59)60-19(45,46)10(25,15(34,35)36)62-21(49,50)12(27,17(40,41)42)63-20(47,48)11(26,16(37,38)39)61-18(43,44)9(23,24)14(31,32)33/h53H,1-5H2,(H,51,52)(H2,54,55,56)(H2,57,58,59). The highest BCUT2D eigenvalue weighted by molar-refractivity contribution is 7.72. The van der Waals surface area contributed by atoms with Crippen molar-refractivity contribution in [2.24, 2.45) is 0 Å². The summed E-state index contributed by atoms with van der Waals surface area (Å²) in [5, 5.41) is 5.82. The summed E-state index contributed by atoms with van der Waals surface area (Å²) < 4.78 is 421. The molecule has 0 radical (unpaired) electrons. The number of ether oxygens (including phenoxy) is 4. The molecule has 44 heteroatoms. The van der Waals surface area contributed by atoms with Gasteiger partial charge in [0.1, 0.15) is 0 Å². The van der Waals surface area contributed by atoms with Crippen LogP contribution in [-0.4, -0.2) is 127 Å². The number of halogens is 29. The van der Waals surface area contributed by atoms with Crippen molar-refractivity contribution in [3.8, 4) is 0 Å². The molecule has 0 aliphatic heterocycles. The van der Waals surface area contributed by atoms with Crippen LogP contribution in [0, 0.1) is 0 Å². The van der Waals surface area contributed by atoms with E-state index in [-0.39, 0.29) is 0 Å². The van der Waals surface area contributed by atoms with Gasteiger partial charge in [0.05, 0.1) is 0 Å². The van der Waals surface area contributed by atoms with Crippen molar-refractivity contribution in [1.82, 2.24) is 5.32 Å². The molecule has 0 aromatic carbocycles. The van der Waals surface area contributed by atoms with E-state index in [2.05, 4.69) is 0 Å². The van der Waals surface area contributed by atoms with Crippen molar-refractivity contribution in [2.45, 2.75) is 115 Å². The molecule has 0 saturated heterocycles. The zero-order chi connectivity index (χ0) is 53.1. The lowest BCUT2D eigenvalue weighted by Crippen LogP contribution is -2.72. The van der Waals surface area contributed by atoms with Gasteiger partial charge >= 0.3 is 99.8 Å². The molecule has 65 heavy (non-hydrogen) atoms. The second-order valence-electron chi connectivity index (χ2n) is 11.8. The van der Waals surface area contributed by atoms with Crippen molar-refractivity contribution in [1.29, 1.82) is 0 Å². The number of rotatable bonds is 21. The van der Waals surface area contributed by atoms with Crippen LogP contribution in [-0.2, 0) is 32.9 Å². The van der Waals surface area contributed by atoms with Gasteiger partial charge in [0.2, 0.25) is 0 Å². The highest BCUT2D eigenvalue weighted by atomic mass is 31.2. The fourth-order valence-electron chi connectivity index (χ4n) is 3.65. The Kier molecular flexibility index (Phi) is 17.1. The summed E-state index contributed by atoms with van der Waals surface area (Å²) in [6, 6.07) is 0. The van der Waals surface area contributed by atoms with Crippen LogP contribution in [0.25, 0.3) is 0 Å². The van der Waals surface area contributed by atoms with E-state index >= 15 is 0 Å². The monoisotopic (exact) mass is 1090 g/mol. The lowest BCUT2D eigenvalue weighted by Gasteiger charge is -2.44. The van der Waals surface area contributed by atoms with Crippen LogP contribution in [0.2, 0.25) is 0 Å². The van der Waals surface area contributed by atoms with Gasteiger partial charge in [-0.2, -0.15) is 127 Å². The summed E-state index contributed by atoms with van der Waals surface area (Å²) in [5.74, 6) is -47.5. The number of hydrogen-bond donors (Lipinski definition) is 6. The van der Waals surface area contributed by atoms with Gasteiger partial charge in [0.15, 0.2) is 0 Å². The third kappa shape index (κ3) is 11.7. The molecule has 0 rings (SSSR count). The van der Waals surface area contributed by atoms with Gasteiger partial charge in [0, 0.05) is 6.54 Å². The molecular weight excluding hydrogens is 1070 g/mol. The maximum Gasteiger partial charge on any atom is 0.462 e. The molecule has 0 saturated carbocycles. The molecule has 0 spiro atoms. The number of alkyl halides is 29. The first kappa shape index (κ1) is 62.5. The Morgan fingerprint density at radius 2 is 0.708 bits per heavy atom. The van der Waals surface area contributed by atoms with Crippen LogP contribution < -0.4 is 5.32 Å². The van der Waals surface area contributed by atoms with E-state index in [0.29, 0.717) is 5.32 Å². The Labute approximate surface area is 334 Å². The minimum absolute atomic E-state index is 0.410. The zero-order valence-electron chi connectivity index (χ0n) is 29.0. The molecule has 0 heterocycles. The lowest BCUT2D eigenvalue weighted by molar-refractivity contribution is -0.592. The van der Waals surface area contributed by atoms with Crippen LogP contribution in [0.1, 0.15) is 25.7 Å². The van der Waals surface area contributed by atoms with Gasteiger partial charge in [-0.25, -0.2) is 0 Å². The van der Waals surface area contributed by atoms with Gasteiger partial charge < -0.3 is 30.0 Å². The number of carbonyl (C=O) groups is 1. The van der Waals surface area contributed by atoms with E-state index in [9.17, 15) is 146 Å². The third-order valence-corrected chi connectivity index (χ3v) is 11.0. The van der Waals surface area contributed by atoms with Gasteiger partial charge in [0.25, 0.3) is 11.0 Å². The fourth-order valence-corrected chi connectivity index (χ4v) is 5.91. The quantitative estimate of drug-likeness (QED) is 0.0366. The van der Waals surface area contributed by atoms with E-state index in [0.717, 1.165) is 14.2 Å². The van der Waals surface area contributed by atoms with Crippen LogP contribution in [0.4, 0.5) is 127 Å². The maximum absolute atomic E-state index is 14.8. The molecule has 0 bridgehead atoms. The minimum atomic E-state index is -9.35. The summed E-state index contributed by atoms with van der Waals surface area (Å²) in [5.41, 5.74) is 0. The SMILES string of the molecule is O=C(NCCCCCC(O)(P(=O)(O)O)P(=O)(O)O)C(F)(OC(F)(F)C(F)(OC(F)(F)C(F)(OC(F)(F)C(F)(OC(F)(F)C(F)(F)C(F)(F)F)C(F)(F)F)C(F)(F)F)C(F)(F)F)C(F)(F)F. The number of aliphatic hydroxyl groups is 1. The van der Waals surface area contributed by atoms with E-state index in [4.69, 9.17) is 19.6 Å². The van der Waals surface area contributed by atoms with Crippen LogP contribution in [0.5, 0.6) is 0 Å². The molecule has 4 atom stereocenters. The number of amides is 1. The van der Waals surface area contributed by atoms with Crippen molar-refractivity contribution >= 4 is 21.1 Å². The normalized spacial score (nSPS) is 19.2. The number of unbranched alkanes of at least 4 members (excludes halogenated alkanes) is 2. The first-order valence-electron chi connectivity index (χ1n) is 14.6. The number of hydrogen-bond acceptors (Lipinski definition) is 8. The van der Waals surface area contributed by atoms with E-state index in [1.807, 2.05) is 0 Å². The number of nitrogens with one attached hydrogen (secondary N) is 1. The summed E-state index contributed by atoms with van der Waals surface area (Å²) in [4.78, 5) is 47.6. The van der Waals surface area contributed by atoms with Gasteiger partial charge in [-0.3, -0.25) is 32.9 Å². The average molecular weight is 1090 g/mol. The Morgan fingerprint density at radius 3 is 0.969 bits per heavy atom. The van der Waals surface area contributed by atoms with Gasteiger partial charge in [-0.05, 0) is 19.3 Å². The molecule has 4 unspecified atom stereocenters. The maximum atomic E-state index is 14.8. The van der Waals surface area contributed by atoms with Crippen molar-refractivity contribution in [2.75, 3.05) is 6.54 Å². The second-order valence-corrected chi connectivity index (χ2v) is 15.9. The largest absolute Gasteiger partial charge is 0.462 e. The van der Waals surface area contributed by atoms with Crippen molar-refractivity contribution in [3.05, 3.63) is 0 Å². The first-order chi connectivity index (χ1) is 27.7. The van der Waals surface area contributed by atoms with E-state index < -0.39 is 143 Å². The molecule has 0 aliphatic rings. The molecule has 1 amide bonds. The van der Waals surface area contributed by atoms with Crippen molar-refractivity contribution in [3.63, 3.8) is 0 Å². The van der Waals surface area contributed by atoms with Crippen LogP contribution >= 0.6 is 15.2 Å². The smallest absolute Gasteiger partial charge is 0.368 e. The predicted octanol–water partition coefficient (Wildman–Crippen LogP) is 8.21. The first-order valence-corrected chi connectivity index (χ1v) is 17.8. The van der Waals surface area contributed by atoms with Crippen LogP contribution in [0.3, 0.4) is 0 Å². The molecule has 390 valence electrons. The van der Waals surface area contributed by atoms with E-state index in [1.54, 1.807) is 4.74 Å². The molecule has 6 N–H and O–H groups in total. The van der Waals surface area contributed by atoms with Crippen molar-refractivity contribution < 1.29 is 185 Å². The third-order valence-electron chi connectivity index (χ3n) is 7.08. The Bertz CT molecular complexity index is 1750. The van der Waals surface area contributed by atoms with Crippen LogP contribution in [0.15, 0.2) is 0 Å². The topological polar surface area (TPSA) is 201 Å². The average Bonchev–Trinajstić information content (AvgIpc) is 3.01. The molecule has 0 aromatic rings. The van der Waals surface area contributed by atoms with Gasteiger partial charge in [-0.15, -0.1) is 0 Å². The highest BCUT2D eigenvalue weighted by Crippen LogP contribution is 2.69. The zero-order valence-corrected chi connectivity index (χ0v) is 30.8. The Morgan fingerprint density at radius 1 is 0.415 bits per heavy atom. The fraction of sp³-hybridized carbons (Fsp3) is 0.952. The van der Waals surface area contributed by atoms with Gasteiger partial charge in [-0.1, -0.05) is 6.42 Å². The predicted molar refractivity (Wildman–Crippen MR) is 135 cm³/mol. The molecule has 0 aromatic heterocycles. The summed E-state index contributed by atoms with van der Waals surface area (Å²) in [6.07, 6.45) is -83.5. The Balaban J connectivity index is 7.28. The Hall–Kier alpha value is -2.46. The lowest BCUT2D eigenvalue weighted by atomic mass is 10.2.